The highest BCUT2D eigenvalue weighted by atomic mass is 16.5. The van der Waals surface area contributed by atoms with Gasteiger partial charge >= 0.3 is 0 Å². The minimum Gasteiger partial charge on any atom is -0.385 e. The van der Waals surface area contributed by atoms with Crippen LogP contribution >= 0.6 is 0 Å². The third kappa shape index (κ3) is 3.69. The molecular weight excluding hydrogens is 316 g/mol. The molecule has 3 aromatic rings. The van der Waals surface area contributed by atoms with Crippen LogP contribution in [0.2, 0.25) is 0 Å². The molecule has 25 heavy (non-hydrogen) atoms. The fourth-order valence-electron chi connectivity index (χ4n) is 2.77. The lowest BCUT2D eigenvalue weighted by Gasteiger charge is -2.10. The van der Waals surface area contributed by atoms with Crippen LogP contribution in [-0.4, -0.2) is 40.8 Å². The van der Waals surface area contributed by atoms with E-state index in [-0.39, 0.29) is 5.91 Å². The maximum atomic E-state index is 12.5. The number of carbonyl (C=O) groups excluding carboxylic acids is 1. The Morgan fingerprint density at radius 3 is 2.80 bits per heavy atom. The van der Waals surface area contributed by atoms with Crippen molar-refractivity contribution in [1.29, 1.82) is 0 Å². The number of amides is 1. The minimum absolute atomic E-state index is 0.126. The Labute approximate surface area is 146 Å². The van der Waals surface area contributed by atoms with E-state index in [0.29, 0.717) is 25.1 Å². The van der Waals surface area contributed by atoms with Gasteiger partial charge in [0.1, 0.15) is 0 Å². The number of ether oxygens (including phenoxy) is 1. The molecule has 0 bridgehead atoms. The first-order valence-electron chi connectivity index (χ1n) is 8.44. The van der Waals surface area contributed by atoms with Crippen molar-refractivity contribution < 1.29 is 9.53 Å². The predicted octanol–water partition coefficient (Wildman–Crippen LogP) is 2.73. The monoisotopic (exact) mass is 338 g/mol. The Morgan fingerprint density at radius 1 is 1.28 bits per heavy atom. The number of rotatable bonds is 7. The number of carbonyl (C=O) groups is 1. The predicted molar refractivity (Wildman–Crippen MR) is 96.6 cm³/mol. The fourth-order valence-corrected chi connectivity index (χ4v) is 2.77. The molecule has 130 valence electrons. The van der Waals surface area contributed by atoms with Gasteiger partial charge in [0.25, 0.3) is 5.91 Å². The quantitative estimate of drug-likeness (QED) is 0.673. The molecule has 2 aromatic heterocycles. The molecule has 1 aromatic carbocycles. The molecule has 0 saturated heterocycles. The molecule has 6 heteroatoms. The summed E-state index contributed by atoms with van der Waals surface area (Å²) in [6.07, 6.45) is 3.10. The van der Waals surface area contributed by atoms with Crippen LogP contribution in [0, 0.1) is 0 Å². The number of methoxy groups -OCH3 is 1. The molecule has 0 fully saturated rings. The highest BCUT2D eigenvalue weighted by Gasteiger charge is 2.16. The number of hydrogen-bond acceptors (Lipinski definition) is 4. The molecule has 1 N–H and O–H groups in total. The number of aromatic nitrogens is 3. The summed E-state index contributed by atoms with van der Waals surface area (Å²) < 4.78 is 6.77. The lowest BCUT2D eigenvalue weighted by molar-refractivity contribution is 0.0946. The molecule has 1 amide bonds. The van der Waals surface area contributed by atoms with Crippen LogP contribution in [0.1, 0.15) is 29.4 Å². The van der Waals surface area contributed by atoms with Gasteiger partial charge in [0, 0.05) is 38.1 Å². The molecule has 0 spiro atoms. The Morgan fingerprint density at radius 2 is 2.08 bits per heavy atom. The third-order valence-corrected chi connectivity index (χ3v) is 4.04. The summed E-state index contributed by atoms with van der Waals surface area (Å²) >= 11 is 0. The van der Waals surface area contributed by atoms with Gasteiger partial charge in [-0.3, -0.25) is 4.79 Å². The van der Waals surface area contributed by atoms with Crippen LogP contribution in [0.5, 0.6) is 0 Å². The summed E-state index contributed by atoms with van der Waals surface area (Å²) in [6.45, 7) is 3.21. The SMILES string of the molecule is CCc1c(C(=O)NCCCOC)cnc2cc(-c3ccccc3)nn12. The lowest BCUT2D eigenvalue weighted by atomic mass is 10.1. The van der Waals surface area contributed by atoms with Crippen molar-refractivity contribution in [3.63, 3.8) is 0 Å². The number of nitrogens with zero attached hydrogens (tertiary/aromatic N) is 3. The first-order valence-corrected chi connectivity index (χ1v) is 8.44. The Kier molecular flexibility index (Phi) is 5.40. The summed E-state index contributed by atoms with van der Waals surface area (Å²) in [5.41, 5.74) is 4.04. The van der Waals surface area contributed by atoms with Crippen molar-refractivity contribution in [2.75, 3.05) is 20.3 Å². The van der Waals surface area contributed by atoms with Crippen molar-refractivity contribution >= 4 is 11.6 Å². The molecule has 0 unspecified atom stereocenters. The summed E-state index contributed by atoms with van der Waals surface area (Å²) in [5, 5.41) is 7.57. The summed E-state index contributed by atoms with van der Waals surface area (Å²) in [6, 6.07) is 11.9. The largest absolute Gasteiger partial charge is 0.385 e. The highest BCUT2D eigenvalue weighted by Crippen LogP contribution is 2.20. The van der Waals surface area contributed by atoms with Gasteiger partial charge < -0.3 is 10.1 Å². The van der Waals surface area contributed by atoms with Gasteiger partial charge in [0.05, 0.1) is 17.0 Å². The normalized spacial score (nSPS) is 11.0. The van der Waals surface area contributed by atoms with Crippen LogP contribution in [0.4, 0.5) is 0 Å². The van der Waals surface area contributed by atoms with Gasteiger partial charge in [-0.15, -0.1) is 0 Å². The highest BCUT2D eigenvalue weighted by molar-refractivity contribution is 5.95. The molecule has 0 saturated carbocycles. The molecule has 0 aliphatic carbocycles. The van der Waals surface area contributed by atoms with Gasteiger partial charge in [-0.05, 0) is 12.8 Å². The zero-order chi connectivity index (χ0) is 17.6. The molecule has 3 rings (SSSR count). The van der Waals surface area contributed by atoms with Gasteiger partial charge in [-0.2, -0.15) is 5.10 Å². The van der Waals surface area contributed by atoms with Crippen LogP contribution in [-0.2, 0) is 11.2 Å². The smallest absolute Gasteiger partial charge is 0.254 e. The molecule has 2 heterocycles. The van der Waals surface area contributed by atoms with Crippen molar-refractivity contribution in [2.24, 2.45) is 0 Å². The van der Waals surface area contributed by atoms with Crippen LogP contribution < -0.4 is 5.32 Å². The van der Waals surface area contributed by atoms with Gasteiger partial charge in [-0.1, -0.05) is 37.3 Å². The zero-order valence-electron chi connectivity index (χ0n) is 14.5. The number of hydrogen-bond donors (Lipinski definition) is 1. The van der Waals surface area contributed by atoms with E-state index in [1.54, 1.807) is 17.8 Å². The number of benzene rings is 1. The average molecular weight is 338 g/mol. The zero-order valence-corrected chi connectivity index (χ0v) is 14.5. The Hall–Kier alpha value is -2.73. The van der Waals surface area contributed by atoms with E-state index in [4.69, 9.17) is 4.74 Å². The van der Waals surface area contributed by atoms with Crippen molar-refractivity contribution in [3.8, 4) is 11.3 Å². The second kappa shape index (κ2) is 7.90. The molecule has 0 aliphatic rings. The Balaban J connectivity index is 1.91. The van der Waals surface area contributed by atoms with E-state index in [0.717, 1.165) is 29.0 Å². The number of aryl methyl sites for hydroxylation is 1. The standard InChI is InChI=1S/C19H22N4O2/c1-3-17-15(19(24)20-10-7-11-25-2)13-21-18-12-16(22-23(17)18)14-8-5-4-6-9-14/h4-6,8-9,12-13H,3,7,10-11H2,1-2H3,(H,20,24). The van der Waals surface area contributed by atoms with E-state index in [1.807, 2.05) is 43.3 Å². The number of nitrogens with one attached hydrogen (secondary N) is 1. The topological polar surface area (TPSA) is 68.5 Å². The van der Waals surface area contributed by atoms with E-state index >= 15 is 0 Å². The molecular formula is C19H22N4O2. The second-order valence-electron chi connectivity index (χ2n) is 5.74. The minimum atomic E-state index is -0.126. The summed E-state index contributed by atoms with van der Waals surface area (Å²) in [4.78, 5) is 16.9. The fraction of sp³-hybridized carbons (Fsp3) is 0.316. The van der Waals surface area contributed by atoms with E-state index in [2.05, 4.69) is 15.4 Å². The molecule has 0 aliphatic heterocycles. The van der Waals surface area contributed by atoms with Crippen molar-refractivity contribution in [2.45, 2.75) is 19.8 Å². The maximum absolute atomic E-state index is 12.5. The van der Waals surface area contributed by atoms with Crippen molar-refractivity contribution in [1.82, 2.24) is 19.9 Å². The maximum Gasteiger partial charge on any atom is 0.254 e. The molecule has 0 radical (unpaired) electrons. The van der Waals surface area contributed by atoms with Gasteiger partial charge in [-0.25, -0.2) is 9.50 Å². The van der Waals surface area contributed by atoms with E-state index in [9.17, 15) is 4.79 Å². The van der Waals surface area contributed by atoms with Crippen LogP contribution in [0.3, 0.4) is 0 Å². The van der Waals surface area contributed by atoms with E-state index in [1.165, 1.54) is 0 Å². The number of fused-ring (bicyclic) bond motifs is 1. The lowest BCUT2D eigenvalue weighted by Crippen LogP contribution is -2.27. The summed E-state index contributed by atoms with van der Waals surface area (Å²) in [7, 11) is 1.65. The Bertz CT molecular complexity index is 858. The molecule has 0 atom stereocenters. The molecule has 6 nitrogen and oxygen atoms in total. The third-order valence-electron chi connectivity index (χ3n) is 4.04. The summed E-state index contributed by atoms with van der Waals surface area (Å²) in [5.74, 6) is -0.126. The van der Waals surface area contributed by atoms with Gasteiger partial charge in [0.2, 0.25) is 0 Å². The second-order valence-corrected chi connectivity index (χ2v) is 5.74. The van der Waals surface area contributed by atoms with Crippen molar-refractivity contribution in [3.05, 3.63) is 53.9 Å². The first-order chi connectivity index (χ1) is 12.2. The van der Waals surface area contributed by atoms with Crippen LogP contribution in [0.25, 0.3) is 16.9 Å². The van der Waals surface area contributed by atoms with Gasteiger partial charge in [0.15, 0.2) is 5.65 Å². The van der Waals surface area contributed by atoms with Crippen LogP contribution in [0.15, 0.2) is 42.6 Å². The average Bonchev–Trinajstić information content (AvgIpc) is 3.09. The van der Waals surface area contributed by atoms with E-state index < -0.39 is 0 Å². The first kappa shape index (κ1) is 17.1.